The predicted octanol–water partition coefficient (Wildman–Crippen LogP) is -0.128. The lowest BCUT2D eigenvalue weighted by molar-refractivity contribution is -0.490. The highest BCUT2D eigenvalue weighted by molar-refractivity contribution is 6.62. The van der Waals surface area contributed by atoms with Gasteiger partial charge in [0.05, 0.1) is 6.61 Å². The SMILES string of the molecule is Cl.NCCCOc1cccc2c1B(O)OC2C[N+](=O)[O-]. The van der Waals surface area contributed by atoms with E-state index in [1.54, 1.807) is 18.2 Å². The van der Waals surface area contributed by atoms with Gasteiger partial charge in [-0.1, -0.05) is 12.1 Å². The lowest BCUT2D eigenvalue weighted by Crippen LogP contribution is -2.30. The van der Waals surface area contributed by atoms with Crippen LogP contribution >= 0.6 is 12.4 Å². The summed E-state index contributed by atoms with van der Waals surface area (Å²) in [6, 6.07) is 5.14. The minimum Gasteiger partial charge on any atom is -0.494 e. The van der Waals surface area contributed by atoms with E-state index >= 15 is 0 Å². The number of hydrogen-bond acceptors (Lipinski definition) is 6. The molecule has 0 saturated carbocycles. The van der Waals surface area contributed by atoms with Crippen LogP contribution in [0.4, 0.5) is 0 Å². The highest BCUT2D eigenvalue weighted by atomic mass is 35.5. The molecule has 0 aliphatic carbocycles. The Balaban J connectivity index is 0.00000200. The van der Waals surface area contributed by atoms with Crippen LogP contribution in [0.5, 0.6) is 5.75 Å². The van der Waals surface area contributed by atoms with Gasteiger partial charge in [-0.3, -0.25) is 10.1 Å². The van der Waals surface area contributed by atoms with E-state index in [1.165, 1.54) is 0 Å². The van der Waals surface area contributed by atoms with Gasteiger partial charge in [-0.05, 0) is 24.6 Å². The molecule has 1 aliphatic heterocycles. The average Bonchev–Trinajstić information content (AvgIpc) is 2.67. The summed E-state index contributed by atoms with van der Waals surface area (Å²) in [5, 5.41) is 20.4. The third-order valence-corrected chi connectivity index (χ3v) is 2.91. The number of rotatable bonds is 6. The van der Waals surface area contributed by atoms with E-state index in [2.05, 4.69) is 0 Å². The second kappa shape index (κ2) is 7.44. The summed E-state index contributed by atoms with van der Waals surface area (Å²) >= 11 is 0. The molecule has 0 aromatic heterocycles. The van der Waals surface area contributed by atoms with Crippen molar-refractivity contribution in [2.24, 2.45) is 5.73 Å². The number of hydrogen-bond donors (Lipinski definition) is 2. The normalized spacial score (nSPS) is 16.5. The molecule has 0 amide bonds. The highest BCUT2D eigenvalue weighted by Crippen LogP contribution is 2.27. The fraction of sp³-hybridized carbons (Fsp3) is 0.455. The van der Waals surface area contributed by atoms with Gasteiger partial charge in [0, 0.05) is 10.4 Å². The summed E-state index contributed by atoms with van der Waals surface area (Å²) in [6.07, 6.45) is -0.0445. The van der Waals surface area contributed by atoms with Crippen LogP contribution in [0.2, 0.25) is 0 Å². The van der Waals surface area contributed by atoms with Gasteiger partial charge in [-0.15, -0.1) is 12.4 Å². The first kappa shape index (κ1) is 16.7. The molecule has 1 aromatic carbocycles. The van der Waals surface area contributed by atoms with Crippen molar-refractivity contribution < 1.29 is 19.3 Å². The fourth-order valence-electron chi connectivity index (χ4n) is 2.07. The lowest BCUT2D eigenvalue weighted by Gasteiger charge is -2.10. The molecule has 0 bridgehead atoms. The summed E-state index contributed by atoms with van der Waals surface area (Å²) in [6.45, 7) is 0.563. The monoisotopic (exact) mass is 302 g/mol. The quantitative estimate of drug-likeness (QED) is 0.328. The molecular formula is C11H16BClN2O5. The van der Waals surface area contributed by atoms with Crippen LogP contribution in [0.25, 0.3) is 0 Å². The smallest absolute Gasteiger partial charge is 0.494 e. The molecule has 1 aliphatic rings. The lowest BCUT2D eigenvalue weighted by atomic mass is 9.78. The molecule has 0 spiro atoms. The minimum atomic E-state index is -1.19. The number of nitrogens with zero attached hydrogens (tertiary/aromatic N) is 1. The minimum absolute atomic E-state index is 0. The van der Waals surface area contributed by atoms with E-state index in [4.69, 9.17) is 15.1 Å². The topological polar surface area (TPSA) is 108 Å². The molecule has 0 fully saturated rings. The molecule has 1 unspecified atom stereocenters. The number of ether oxygens (including phenoxy) is 1. The van der Waals surface area contributed by atoms with E-state index < -0.39 is 18.1 Å². The Hall–Kier alpha value is -1.35. The zero-order chi connectivity index (χ0) is 13.8. The molecule has 3 N–H and O–H groups in total. The number of nitro groups is 1. The third-order valence-electron chi connectivity index (χ3n) is 2.91. The zero-order valence-corrected chi connectivity index (χ0v) is 11.5. The maximum Gasteiger partial charge on any atom is 0.496 e. The van der Waals surface area contributed by atoms with Gasteiger partial charge in [0.1, 0.15) is 11.9 Å². The van der Waals surface area contributed by atoms with Crippen molar-refractivity contribution in [1.82, 2.24) is 0 Å². The number of fused-ring (bicyclic) bond motifs is 1. The number of benzene rings is 1. The van der Waals surface area contributed by atoms with Crippen LogP contribution in [0.3, 0.4) is 0 Å². The van der Waals surface area contributed by atoms with E-state index in [9.17, 15) is 15.1 Å². The summed E-state index contributed by atoms with van der Waals surface area (Å²) in [5.74, 6) is 0.490. The van der Waals surface area contributed by atoms with Crippen molar-refractivity contribution in [3.05, 3.63) is 33.9 Å². The van der Waals surface area contributed by atoms with Crippen molar-refractivity contribution in [3.8, 4) is 5.75 Å². The standard InChI is InChI=1S/C11H15BN2O5.ClH/c13-5-2-6-18-9-4-1-3-8-10(7-14(16)17)19-12(15)11(8)9;/h1,3-4,10,15H,2,5-7,13H2;1H. The molecule has 0 radical (unpaired) electrons. The first-order chi connectivity index (χ1) is 9.13. The summed E-state index contributed by atoms with van der Waals surface area (Å²) in [7, 11) is -1.19. The Morgan fingerprint density at radius 1 is 1.55 bits per heavy atom. The average molecular weight is 303 g/mol. The molecule has 7 nitrogen and oxygen atoms in total. The summed E-state index contributed by atoms with van der Waals surface area (Å²) < 4.78 is 10.7. The van der Waals surface area contributed by atoms with Crippen LogP contribution in [0, 0.1) is 10.1 Å². The maximum atomic E-state index is 10.6. The first-order valence-corrected chi connectivity index (χ1v) is 6.04. The molecule has 20 heavy (non-hydrogen) atoms. The van der Waals surface area contributed by atoms with Crippen LogP contribution in [0.15, 0.2) is 18.2 Å². The van der Waals surface area contributed by atoms with Crippen LogP contribution in [-0.2, 0) is 4.65 Å². The highest BCUT2D eigenvalue weighted by Gasteiger charge is 2.40. The van der Waals surface area contributed by atoms with Crippen LogP contribution in [0.1, 0.15) is 18.1 Å². The van der Waals surface area contributed by atoms with E-state index in [1.807, 2.05) is 0 Å². The molecule has 1 heterocycles. The Morgan fingerprint density at radius 2 is 2.30 bits per heavy atom. The van der Waals surface area contributed by atoms with Gasteiger partial charge >= 0.3 is 7.12 Å². The van der Waals surface area contributed by atoms with Gasteiger partial charge in [0.25, 0.3) is 0 Å². The van der Waals surface area contributed by atoms with E-state index in [-0.39, 0.29) is 19.0 Å². The Labute approximate surface area is 122 Å². The maximum absolute atomic E-state index is 10.6. The van der Waals surface area contributed by atoms with Gasteiger partial charge < -0.3 is 20.1 Å². The molecular weight excluding hydrogens is 286 g/mol. The molecule has 9 heteroatoms. The third kappa shape index (κ3) is 3.60. The largest absolute Gasteiger partial charge is 0.496 e. The summed E-state index contributed by atoms with van der Waals surface area (Å²) in [4.78, 5) is 10.1. The molecule has 0 saturated heterocycles. The number of halogens is 1. The molecule has 1 atom stereocenters. The Kier molecular flexibility index (Phi) is 6.22. The van der Waals surface area contributed by atoms with Crippen molar-refractivity contribution in [2.45, 2.75) is 12.5 Å². The van der Waals surface area contributed by atoms with E-state index in [0.717, 1.165) is 0 Å². The second-order valence-corrected chi connectivity index (χ2v) is 4.24. The molecule has 2 rings (SSSR count). The second-order valence-electron chi connectivity index (χ2n) is 4.24. The van der Waals surface area contributed by atoms with Crippen molar-refractivity contribution in [3.63, 3.8) is 0 Å². The Morgan fingerprint density at radius 3 is 2.95 bits per heavy atom. The molecule has 1 aromatic rings. The predicted molar refractivity (Wildman–Crippen MR) is 76.2 cm³/mol. The van der Waals surface area contributed by atoms with Gasteiger partial charge in [0.15, 0.2) is 0 Å². The van der Waals surface area contributed by atoms with E-state index in [0.29, 0.717) is 36.3 Å². The summed E-state index contributed by atoms with van der Waals surface area (Å²) in [5.41, 5.74) is 6.46. The van der Waals surface area contributed by atoms with Crippen molar-refractivity contribution in [1.29, 1.82) is 0 Å². The fourth-order valence-corrected chi connectivity index (χ4v) is 2.07. The van der Waals surface area contributed by atoms with Gasteiger partial charge in [-0.25, -0.2) is 0 Å². The Bertz CT molecular complexity index is 476. The number of nitrogens with two attached hydrogens (primary N) is 1. The first-order valence-electron chi connectivity index (χ1n) is 6.04. The zero-order valence-electron chi connectivity index (χ0n) is 10.7. The molecule has 110 valence electrons. The van der Waals surface area contributed by atoms with Gasteiger partial charge in [0.2, 0.25) is 6.54 Å². The van der Waals surface area contributed by atoms with Crippen molar-refractivity contribution in [2.75, 3.05) is 19.7 Å². The van der Waals surface area contributed by atoms with Crippen LogP contribution in [-0.4, -0.2) is 36.8 Å². The van der Waals surface area contributed by atoms with Crippen LogP contribution < -0.4 is 15.9 Å². The van der Waals surface area contributed by atoms with Gasteiger partial charge in [-0.2, -0.15) is 0 Å². The van der Waals surface area contributed by atoms with Crippen molar-refractivity contribution >= 4 is 25.0 Å².